The van der Waals surface area contributed by atoms with Gasteiger partial charge in [0.05, 0.1) is 0 Å². The highest BCUT2D eigenvalue weighted by Gasteiger charge is 2.63. The van der Waals surface area contributed by atoms with Crippen LogP contribution in [0.5, 0.6) is 0 Å². The topological polar surface area (TPSA) is 66.4 Å². The number of halogens is 4. The van der Waals surface area contributed by atoms with Gasteiger partial charge in [0.25, 0.3) is 5.54 Å². The molecule has 0 radical (unpaired) electrons. The summed E-state index contributed by atoms with van der Waals surface area (Å²) in [5, 5.41) is 10.4. The Bertz CT molecular complexity index is 518. The molecule has 1 unspecified atom stereocenters. The lowest BCUT2D eigenvalue weighted by atomic mass is 9.89. The van der Waals surface area contributed by atoms with Gasteiger partial charge < -0.3 is 10.4 Å². The van der Waals surface area contributed by atoms with Gasteiger partial charge in [-0.25, -0.2) is 4.79 Å². The number of benzene rings is 1. The fraction of sp³-hybridized carbons (Fsp3) is 0.273. The van der Waals surface area contributed by atoms with Crippen molar-refractivity contribution in [1.82, 2.24) is 5.32 Å². The van der Waals surface area contributed by atoms with Crippen molar-refractivity contribution >= 4 is 23.5 Å². The van der Waals surface area contributed by atoms with E-state index in [0.717, 1.165) is 19.1 Å². The third-order valence-electron chi connectivity index (χ3n) is 2.37. The Labute approximate surface area is 111 Å². The number of hydrogen-bond donors (Lipinski definition) is 2. The lowest BCUT2D eigenvalue weighted by Gasteiger charge is -2.32. The predicted octanol–water partition coefficient (Wildman–Crippen LogP) is 2.32. The quantitative estimate of drug-likeness (QED) is 0.899. The van der Waals surface area contributed by atoms with E-state index in [4.69, 9.17) is 16.7 Å². The molecule has 4 nitrogen and oxygen atoms in total. The second-order valence-corrected chi connectivity index (χ2v) is 4.18. The molecule has 1 rings (SSSR count). The lowest BCUT2D eigenvalue weighted by Crippen LogP contribution is -2.60. The first-order valence-electron chi connectivity index (χ1n) is 4.96. The maximum absolute atomic E-state index is 13.2. The van der Waals surface area contributed by atoms with Crippen LogP contribution in [0.15, 0.2) is 24.3 Å². The van der Waals surface area contributed by atoms with Crippen molar-refractivity contribution in [1.29, 1.82) is 0 Å². The molecule has 104 valence electrons. The van der Waals surface area contributed by atoms with E-state index in [2.05, 4.69) is 0 Å². The normalized spacial score (nSPS) is 14.6. The van der Waals surface area contributed by atoms with Crippen LogP contribution in [0.25, 0.3) is 0 Å². The Balaban J connectivity index is 3.57. The van der Waals surface area contributed by atoms with E-state index in [-0.39, 0.29) is 5.02 Å². The summed E-state index contributed by atoms with van der Waals surface area (Å²) in [4.78, 5) is 22.1. The first-order chi connectivity index (χ1) is 8.61. The summed E-state index contributed by atoms with van der Waals surface area (Å²) in [7, 11) is 0. The molecule has 0 bridgehead atoms. The molecule has 8 heteroatoms. The first kappa shape index (κ1) is 15.3. The van der Waals surface area contributed by atoms with Gasteiger partial charge in [0.2, 0.25) is 5.91 Å². The van der Waals surface area contributed by atoms with Crippen LogP contribution in [-0.4, -0.2) is 23.2 Å². The van der Waals surface area contributed by atoms with Crippen molar-refractivity contribution in [2.75, 3.05) is 0 Å². The van der Waals surface area contributed by atoms with Gasteiger partial charge in [0.15, 0.2) is 0 Å². The minimum atomic E-state index is -5.23. The molecule has 0 spiro atoms. The average molecular weight is 296 g/mol. The number of hydrogen-bond acceptors (Lipinski definition) is 2. The molecule has 0 aliphatic carbocycles. The first-order valence-corrected chi connectivity index (χ1v) is 5.34. The van der Waals surface area contributed by atoms with Gasteiger partial charge in [-0.3, -0.25) is 4.79 Å². The molecule has 1 aromatic rings. The molecule has 1 amide bonds. The summed E-state index contributed by atoms with van der Waals surface area (Å²) in [5.74, 6) is -3.36. The van der Waals surface area contributed by atoms with E-state index in [1.54, 1.807) is 0 Å². The van der Waals surface area contributed by atoms with Crippen LogP contribution in [-0.2, 0) is 15.1 Å². The number of carboxylic acid groups (broad SMARTS) is 1. The largest absolute Gasteiger partial charge is 0.479 e. The van der Waals surface area contributed by atoms with E-state index in [1.165, 1.54) is 17.4 Å². The van der Waals surface area contributed by atoms with Crippen molar-refractivity contribution in [3.05, 3.63) is 34.9 Å². The summed E-state index contributed by atoms with van der Waals surface area (Å²) in [6, 6.07) is 4.24. The van der Waals surface area contributed by atoms with Crippen LogP contribution in [0.3, 0.4) is 0 Å². The van der Waals surface area contributed by atoms with E-state index < -0.39 is 29.2 Å². The van der Waals surface area contributed by atoms with Crippen LogP contribution in [0, 0.1) is 0 Å². The fourth-order valence-electron chi connectivity index (χ4n) is 1.59. The minimum absolute atomic E-state index is 0.0715. The van der Waals surface area contributed by atoms with Crippen molar-refractivity contribution in [2.45, 2.75) is 18.6 Å². The van der Waals surface area contributed by atoms with E-state index in [0.29, 0.717) is 0 Å². The van der Waals surface area contributed by atoms with Gasteiger partial charge in [-0.15, -0.1) is 0 Å². The Hall–Kier alpha value is -1.76. The number of nitrogens with one attached hydrogen (secondary N) is 1. The molecular weight excluding hydrogens is 287 g/mol. The van der Waals surface area contributed by atoms with Crippen LogP contribution >= 0.6 is 11.6 Å². The summed E-state index contributed by atoms with van der Waals surface area (Å²) >= 11 is 5.57. The zero-order chi connectivity index (χ0) is 14.8. The number of aliphatic carboxylic acids is 1. The Morgan fingerprint density at radius 1 is 1.32 bits per heavy atom. The third-order valence-corrected chi connectivity index (χ3v) is 2.60. The highest BCUT2D eigenvalue weighted by atomic mass is 35.5. The van der Waals surface area contributed by atoms with Crippen LogP contribution in [0.2, 0.25) is 5.02 Å². The van der Waals surface area contributed by atoms with Crippen molar-refractivity contribution in [3.8, 4) is 0 Å². The molecule has 19 heavy (non-hydrogen) atoms. The maximum Gasteiger partial charge on any atom is 0.426 e. The van der Waals surface area contributed by atoms with E-state index >= 15 is 0 Å². The van der Waals surface area contributed by atoms with Gasteiger partial charge in [-0.1, -0.05) is 23.7 Å². The zero-order valence-electron chi connectivity index (χ0n) is 9.58. The highest BCUT2D eigenvalue weighted by Crippen LogP contribution is 2.40. The standard InChI is InChI=1S/C11H9ClF3NO3/c1-6(17)16-10(9(18)19,11(13,14)15)7-3-2-4-8(12)5-7/h2-5H,1H3,(H,16,17)(H,18,19). The molecular formula is C11H9ClF3NO3. The van der Waals surface area contributed by atoms with Crippen LogP contribution in [0.1, 0.15) is 12.5 Å². The summed E-state index contributed by atoms with van der Waals surface area (Å²) in [6.07, 6.45) is -5.23. The van der Waals surface area contributed by atoms with Gasteiger partial charge in [0, 0.05) is 11.9 Å². The van der Waals surface area contributed by atoms with Gasteiger partial charge in [-0.05, 0) is 17.7 Å². The molecule has 2 N–H and O–H groups in total. The Morgan fingerprint density at radius 3 is 2.26 bits per heavy atom. The van der Waals surface area contributed by atoms with Gasteiger partial charge >= 0.3 is 12.1 Å². The Morgan fingerprint density at radius 2 is 1.89 bits per heavy atom. The average Bonchev–Trinajstić information content (AvgIpc) is 2.23. The van der Waals surface area contributed by atoms with Gasteiger partial charge in [0.1, 0.15) is 0 Å². The number of alkyl halides is 3. The number of carbonyl (C=O) groups excluding carboxylic acids is 1. The second kappa shape index (κ2) is 5.08. The van der Waals surface area contributed by atoms with Crippen LogP contribution in [0.4, 0.5) is 13.2 Å². The molecule has 0 aliphatic heterocycles. The van der Waals surface area contributed by atoms with Gasteiger partial charge in [-0.2, -0.15) is 13.2 Å². The second-order valence-electron chi connectivity index (χ2n) is 3.74. The summed E-state index contributed by atoms with van der Waals surface area (Å²) in [5.41, 5.74) is -4.20. The monoisotopic (exact) mass is 295 g/mol. The van der Waals surface area contributed by atoms with Crippen molar-refractivity contribution < 1.29 is 27.9 Å². The zero-order valence-corrected chi connectivity index (χ0v) is 10.3. The lowest BCUT2D eigenvalue weighted by molar-refractivity contribution is -0.214. The number of rotatable bonds is 3. The smallest absolute Gasteiger partial charge is 0.426 e. The predicted molar refractivity (Wildman–Crippen MR) is 60.6 cm³/mol. The molecule has 0 saturated carbocycles. The minimum Gasteiger partial charge on any atom is -0.479 e. The molecule has 1 aromatic carbocycles. The molecule has 0 aromatic heterocycles. The maximum atomic E-state index is 13.2. The van der Waals surface area contributed by atoms with Crippen molar-refractivity contribution in [3.63, 3.8) is 0 Å². The number of carboxylic acids is 1. The van der Waals surface area contributed by atoms with Crippen LogP contribution < -0.4 is 5.32 Å². The summed E-state index contributed by atoms with van der Waals surface area (Å²) < 4.78 is 39.5. The number of amides is 1. The molecule has 0 fully saturated rings. The van der Waals surface area contributed by atoms with Crippen molar-refractivity contribution in [2.24, 2.45) is 0 Å². The molecule has 0 saturated heterocycles. The molecule has 1 atom stereocenters. The summed E-state index contributed by atoms with van der Waals surface area (Å²) in [6.45, 7) is 0.800. The number of carbonyl (C=O) groups is 2. The van der Waals surface area contributed by atoms with E-state index in [9.17, 15) is 22.8 Å². The third kappa shape index (κ3) is 2.81. The Kier molecular flexibility index (Phi) is 4.09. The highest BCUT2D eigenvalue weighted by molar-refractivity contribution is 6.30. The SMILES string of the molecule is CC(=O)NC(C(=O)O)(c1cccc(Cl)c1)C(F)(F)F. The molecule has 0 heterocycles. The van der Waals surface area contributed by atoms with E-state index in [1.807, 2.05) is 0 Å². The molecule has 0 aliphatic rings. The fourth-order valence-corrected chi connectivity index (χ4v) is 1.78.